The number of rotatable bonds is 0. The molecule has 2 aliphatic heterocycles. The van der Waals surface area contributed by atoms with Gasteiger partial charge in [-0.15, -0.1) is 0 Å². The van der Waals surface area contributed by atoms with E-state index in [0.29, 0.717) is 0 Å². The van der Waals surface area contributed by atoms with Gasteiger partial charge in [0.15, 0.2) is 12.4 Å². The minimum absolute atomic E-state index is 0.803. The number of nitrogens with zero attached hydrogens (tertiary/aromatic N) is 2. The van der Waals surface area contributed by atoms with E-state index in [1.165, 1.54) is 5.70 Å². The van der Waals surface area contributed by atoms with Crippen molar-refractivity contribution in [3.05, 3.63) is 42.3 Å². The number of fused-ring (bicyclic) bond motifs is 2. The average molecular weight is 187 g/mol. The van der Waals surface area contributed by atoms with E-state index in [9.17, 15) is 0 Å². The summed E-state index contributed by atoms with van der Waals surface area (Å²) >= 11 is 0. The number of dihydropyridines is 1. The SMILES string of the molecule is C1=CNC2=C(C1)NC[n+]1cccnc12. The second kappa shape index (κ2) is 2.83. The third kappa shape index (κ3) is 1.00. The van der Waals surface area contributed by atoms with E-state index < -0.39 is 0 Å². The fourth-order valence-electron chi connectivity index (χ4n) is 1.79. The van der Waals surface area contributed by atoms with Gasteiger partial charge < -0.3 is 10.6 Å². The first kappa shape index (κ1) is 7.55. The van der Waals surface area contributed by atoms with Crippen molar-refractivity contribution >= 4 is 5.70 Å². The summed E-state index contributed by atoms with van der Waals surface area (Å²) in [5.74, 6) is 1.01. The van der Waals surface area contributed by atoms with Gasteiger partial charge in [0.1, 0.15) is 6.20 Å². The Balaban J connectivity index is 2.14. The minimum Gasteiger partial charge on any atom is -0.354 e. The van der Waals surface area contributed by atoms with Crippen LogP contribution in [-0.4, -0.2) is 4.98 Å². The summed E-state index contributed by atoms with van der Waals surface area (Å²) in [6.07, 6.45) is 8.87. The zero-order chi connectivity index (χ0) is 9.38. The quantitative estimate of drug-likeness (QED) is 0.566. The Morgan fingerprint density at radius 1 is 1.43 bits per heavy atom. The Morgan fingerprint density at radius 3 is 3.43 bits per heavy atom. The number of nitrogens with one attached hydrogen (secondary N) is 2. The molecule has 1 aromatic rings. The normalized spacial score (nSPS) is 18.0. The summed E-state index contributed by atoms with van der Waals surface area (Å²) in [5.41, 5.74) is 2.32. The first-order valence-corrected chi connectivity index (χ1v) is 4.68. The van der Waals surface area contributed by atoms with Gasteiger partial charge in [0.05, 0.1) is 11.9 Å². The van der Waals surface area contributed by atoms with Crippen molar-refractivity contribution in [1.82, 2.24) is 15.6 Å². The van der Waals surface area contributed by atoms with Crippen LogP contribution in [0.15, 0.2) is 36.4 Å². The van der Waals surface area contributed by atoms with Crippen LogP contribution >= 0.6 is 0 Å². The van der Waals surface area contributed by atoms with Crippen LogP contribution in [0, 0.1) is 0 Å². The van der Waals surface area contributed by atoms with E-state index in [-0.39, 0.29) is 0 Å². The molecule has 0 bridgehead atoms. The van der Waals surface area contributed by atoms with Gasteiger partial charge in [-0.25, -0.2) is 4.57 Å². The van der Waals surface area contributed by atoms with Crippen molar-refractivity contribution in [3.63, 3.8) is 0 Å². The molecule has 0 amide bonds. The maximum absolute atomic E-state index is 4.37. The van der Waals surface area contributed by atoms with Crippen molar-refractivity contribution in [2.75, 3.05) is 0 Å². The summed E-state index contributed by atoms with van der Waals surface area (Å²) in [4.78, 5) is 4.37. The second-order valence-electron chi connectivity index (χ2n) is 3.35. The molecule has 0 saturated carbocycles. The highest BCUT2D eigenvalue weighted by Gasteiger charge is 2.25. The Morgan fingerprint density at radius 2 is 2.43 bits per heavy atom. The van der Waals surface area contributed by atoms with Crippen LogP contribution in [0.2, 0.25) is 0 Å². The predicted octanol–water partition coefficient (Wildman–Crippen LogP) is 0.105. The summed E-state index contributed by atoms with van der Waals surface area (Å²) in [6, 6.07) is 1.94. The van der Waals surface area contributed by atoms with Crippen LogP contribution in [-0.2, 0) is 6.67 Å². The largest absolute Gasteiger partial charge is 0.354 e. The maximum Gasteiger partial charge on any atom is 0.349 e. The van der Waals surface area contributed by atoms with Gasteiger partial charge in [0.25, 0.3) is 0 Å². The maximum atomic E-state index is 4.37. The zero-order valence-electron chi connectivity index (χ0n) is 7.70. The molecule has 0 radical (unpaired) electrons. The number of hydrogen-bond acceptors (Lipinski definition) is 3. The molecule has 0 aliphatic carbocycles. The highest BCUT2D eigenvalue weighted by atomic mass is 15.2. The zero-order valence-corrected chi connectivity index (χ0v) is 7.70. The lowest BCUT2D eigenvalue weighted by Crippen LogP contribution is -2.50. The van der Waals surface area contributed by atoms with Crippen molar-refractivity contribution < 1.29 is 4.57 Å². The van der Waals surface area contributed by atoms with Crippen molar-refractivity contribution in [2.45, 2.75) is 13.1 Å². The topological polar surface area (TPSA) is 40.8 Å². The van der Waals surface area contributed by atoms with Gasteiger partial charge in [-0.1, -0.05) is 6.08 Å². The van der Waals surface area contributed by atoms with Gasteiger partial charge in [-0.05, 0) is 11.2 Å². The van der Waals surface area contributed by atoms with Gasteiger partial charge >= 0.3 is 5.82 Å². The first-order valence-electron chi connectivity index (χ1n) is 4.68. The molecule has 3 rings (SSSR count). The molecule has 1 aromatic heterocycles. The summed E-state index contributed by atoms with van der Waals surface area (Å²) in [6.45, 7) is 0.803. The van der Waals surface area contributed by atoms with Crippen LogP contribution in [0.4, 0.5) is 0 Å². The monoisotopic (exact) mass is 187 g/mol. The first-order chi connectivity index (χ1) is 6.95. The Hall–Kier alpha value is -1.84. The minimum atomic E-state index is 0.803. The Bertz CT molecular complexity index is 434. The molecular formula is C10H11N4+. The molecule has 0 fully saturated rings. The van der Waals surface area contributed by atoms with E-state index in [1.807, 2.05) is 24.7 Å². The Kier molecular flexibility index (Phi) is 1.53. The van der Waals surface area contributed by atoms with Crippen molar-refractivity contribution in [1.29, 1.82) is 0 Å². The lowest BCUT2D eigenvalue weighted by molar-refractivity contribution is -0.707. The van der Waals surface area contributed by atoms with Gasteiger partial charge in [0.2, 0.25) is 0 Å². The fraction of sp³-hybridized carbons (Fsp3) is 0.200. The van der Waals surface area contributed by atoms with Crippen LogP contribution in [0.3, 0.4) is 0 Å². The Labute approximate surface area is 82.0 Å². The summed E-state index contributed by atoms with van der Waals surface area (Å²) < 4.78 is 2.09. The molecule has 70 valence electrons. The molecule has 2 N–H and O–H groups in total. The van der Waals surface area contributed by atoms with Crippen LogP contribution < -0.4 is 15.2 Å². The molecular weight excluding hydrogens is 176 g/mol. The molecule has 4 nitrogen and oxygen atoms in total. The average Bonchev–Trinajstić information content (AvgIpc) is 2.29. The van der Waals surface area contributed by atoms with Gasteiger partial charge in [-0.2, -0.15) is 0 Å². The highest BCUT2D eigenvalue weighted by molar-refractivity contribution is 5.62. The van der Waals surface area contributed by atoms with Crippen molar-refractivity contribution in [2.24, 2.45) is 0 Å². The number of aromatic nitrogens is 2. The molecule has 0 saturated heterocycles. The van der Waals surface area contributed by atoms with Crippen LogP contribution in [0.25, 0.3) is 5.70 Å². The standard InChI is InChI=1S/C10H10N4/c1-3-8-9(11-4-1)10-12-5-2-6-14(10)7-13-8/h1-2,4-6,11H,3,7H2/p+1. The van der Waals surface area contributed by atoms with Gasteiger partial charge in [-0.3, -0.25) is 0 Å². The van der Waals surface area contributed by atoms with Crippen molar-refractivity contribution in [3.8, 4) is 0 Å². The van der Waals surface area contributed by atoms with E-state index in [1.54, 1.807) is 0 Å². The molecule has 0 atom stereocenters. The molecule has 4 heteroatoms. The summed E-state index contributed by atoms with van der Waals surface area (Å²) in [7, 11) is 0. The molecule has 0 unspecified atom stereocenters. The third-order valence-corrected chi connectivity index (χ3v) is 2.48. The summed E-state index contributed by atoms with van der Waals surface area (Å²) in [5, 5.41) is 6.60. The van der Waals surface area contributed by atoms with E-state index in [0.717, 1.165) is 24.6 Å². The van der Waals surface area contributed by atoms with Gasteiger partial charge in [0, 0.05) is 12.5 Å². The third-order valence-electron chi connectivity index (χ3n) is 2.48. The lowest BCUT2D eigenvalue weighted by Gasteiger charge is -2.21. The second-order valence-corrected chi connectivity index (χ2v) is 3.35. The molecule has 14 heavy (non-hydrogen) atoms. The molecule has 0 aromatic carbocycles. The van der Waals surface area contributed by atoms with Crippen LogP contribution in [0.5, 0.6) is 0 Å². The predicted molar refractivity (Wildman–Crippen MR) is 51.4 cm³/mol. The molecule has 3 heterocycles. The highest BCUT2D eigenvalue weighted by Crippen LogP contribution is 2.17. The fourth-order valence-corrected chi connectivity index (χ4v) is 1.79. The van der Waals surface area contributed by atoms with E-state index in [4.69, 9.17) is 0 Å². The number of hydrogen-bond donors (Lipinski definition) is 2. The molecule has 2 aliphatic rings. The number of allylic oxidation sites excluding steroid dienone is 1. The smallest absolute Gasteiger partial charge is 0.349 e. The lowest BCUT2D eigenvalue weighted by atomic mass is 10.1. The van der Waals surface area contributed by atoms with Crippen LogP contribution in [0.1, 0.15) is 12.2 Å². The van der Waals surface area contributed by atoms with E-state index in [2.05, 4.69) is 26.3 Å². The molecule has 0 spiro atoms. The van der Waals surface area contributed by atoms with E-state index >= 15 is 0 Å².